The highest BCUT2D eigenvalue weighted by molar-refractivity contribution is 5.75. The molecule has 0 aliphatic carbocycles. The first kappa shape index (κ1) is 18.8. The van der Waals surface area contributed by atoms with Gasteiger partial charge < -0.3 is 20.4 Å². The maximum atomic E-state index is 10.9. The van der Waals surface area contributed by atoms with Crippen molar-refractivity contribution in [2.75, 3.05) is 6.67 Å². The number of hydrogen-bond donors (Lipinski definition) is 6. The van der Waals surface area contributed by atoms with Gasteiger partial charge in [0.2, 0.25) is 0 Å². The van der Waals surface area contributed by atoms with E-state index in [0.29, 0.717) is 0 Å². The minimum atomic E-state index is -1.25. The van der Waals surface area contributed by atoms with Crippen molar-refractivity contribution in [2.45, 2.75) is 37.8 Å². The normalized spacial score (nSPS) is 13.3. The molecule has 0 unspecified atom stereocenters. The summed E-state index contributed by atoms with van der Waals surface area (Å²) in [6.07, 6.45) is -0.991. The van der Waals surface area contributed by atoms with E-state index >= 15 is 0 Å². The van der Waals surface area contributed by atoms with Crippen LogP contribution in [0.15, 0.2) is 0 Å². The molecule has 0 aromatic heterocycles. The molecule has 0 amide bonds. The first-order valence-electron chi connectivity index (χ1n) is 6.10. The quantitative estimate of drug-likeness (QED) is 0.239. The van der Waals surface area contributed by atoms with Gasteiger partial charge in [0.25, 0.3) is 0 Å². The van der Waals surface area contributed by atoms with E-state index in [0.717, 1.165) is 0 Å². The molecule has 0 aliphatic heterocycles. The van der Waals surface area contributed by atoms with Gasteiger partial charge in [-0.2, -0.15) is 0 Å². The molecule has 120 valence electrons. The number of carbonyl (C=O) groups is 4. The van der Waals surface area contributed by atoms with Crippen LogP contribution < -0.4 is 10.6 Å². The number of aliphatic carboxylic acids is 4. The van der Waals surface area contributed by atoms with Gasteiger partial charge in [0.15, 0.2) is 0 Å². The predicted molar refractivity (Wildman–Crippen MR) is 67.7 cm³/mol. The van der Waals surface area contributed by atoms with Crippen molar-refractivity contribution in [1.82, 2.24) is 10.6 Å². The van der Waals surface area contributed by atoms with Gasteiger partial charge in [-0.3, -0.25) is 29.8 Å². The van der Waals surface area contributed by atoms with Crippen LogP contribution in [0, 0.1) is 0 Å². The SMILES string of the molecule is O=C(O)CC[C@H](NCN[C@@H](CCC(=O)O)C(=O)O)C(=O)O. The Labute approximate surface area is 119 Å². The van der Waals surface area contributed by atoms with Crippen LogP contribution in [0.5, 0.6) is 0 Å². The molecular formula is C11H18N2O8. The Balaban J connectivity index is 4.24. The molecule has 0 fully saturated rings. The largest absolute Gasteiger partial charge is 0.481 e. The molecule has 10 heteroatoms. The second-order valence-corrected chi connectivity index (χ2v) is 4.23. The van der Waals surface area contributed by atoms with Crippen LogP contribution in [0.1, 0.15) is 25.7 Å². The lowest BCUT2D eigenvalue weighted by molar-refractivity contribution is -0.141. The van der Waals surface area contributed by atoms with E-state index in [2.05, 4.69) is 10.6 Å². The van der Waals surface area contributed by atoms with E-state index < -0.39 is 36.0 Å². The van der Waals surface area contributed by atoms with Crippen molar-refractivity contribution in [3.8, 4) is 0 Å². The van der Waals surface area contributed by atoms with Gasteiger partial charge >= 0.3 is 23.9 Å². The molecule has 0 saturated heterocycles. The van der Waals surface area contributed by atoms with E-state index in [1.807, 2.05) is 0 Å². The van der Waals surface area contributed by atoms with Crippen molar-refractivity contribution in [3.63, 3.8) is 0 Å². The molecule has 0 rings (SSSR count). The Kier molecular flexibility index (Phi) is 8.65. The number of nitrogens with one attached hydrogen (secondary N) is 2. The summed E-state index contributed by atoms with van der Waals surface area (Å²) in [5.74, 6) is -4.78. The van der Waals surface area contributed by atoms with E-state index in [9.17, 15) is 19.2 Å². The summed E-state index contributed by atoms with van der Waals surface area (Å²) in [6, 6.07) is -2.27. The lowest BCUT2D eigenvalue weighted by Crippen LogP contribution is -2.47. The van der Waals surface area contributed by atoms with Gasteiger partial charge in [0.1, 0.15) is 12.1 Å². The predicted octanol–water partition coefficient (Wildman–Crippen LogP) is -1.24. The van der Waals surface area contributed by atoms with Crippen LogP contribution in [0.4, 0.5) is 0 Å². The van der Waals surface area contributed by atoms with Gasteiger partial charge in [0.05, 0.1) is 0 Å². The highest BCUT2D eigenvalue weighted by Crippen LogP contribution is 1.99. The van der Waals surface area contributed by atoms with Crippen LogP contribution in [0.3, 0.4) is 0 Å². The molecule has 0 aliphatic rings. The highest BCUT2D eigenvalue weighted by atomic mass is 16.4. The Morgan fingerprint density at radius 1 is 0.714 bits per heavy atom. The second kappa shape index (κ2) is 9.66. The van der Waals surface area contributed by atoms with Gasteiger partial charge in [-0.25, -0.2) is 0 Å². The fraction of sp³-hybridized carbons (Fsp3) is 0.636. The van der Waals surface area contributed by atoms with Crippen LogP contribution in [0.2, 0.25) is 0 Å². The van der Waals surface area contributed by atoms with Crippen LogP contribution in [-0.2, 0) is 19.2 Å². The van der Waals surface area contributed by atoms with E-state index in [1.54, 1.807) is 0 Å². The van der Waals surface area contributed by atoms with E-state index in [1.165, 1.54) is 0 Å². The summed E-state index contributed by atoms with van der Waals surface area (Å²) in [4.78, 5) is 42.5. The second-order valence-electron chi connectivity index (χ2n) is 4.23. The lowest BCUT2D eigenvalue weighted by atomic mass is 10.1. The van der Waals surface area contributed by atoms with Gasteiger partial charge in [0, 0.05) is 19.5 Å². The molecule has 0 radical (unpaired) electrons. The summed E-state index contributed by atoms with van der Waals surface area (Å²) in [5.41, 5.74) is 0. The molecule has 2 atom stereocenters. The maximum absolute atomic E-state index is 10.9. The fourth-order valence-electron chi connectivity index (χ4n) is 1.47. The zero-order valence-corrected chi connectivity index (χ0v) is 11.1. The molecule has 21 heavy (non-hydrogen) atoms. The molecule has 0 bridgehead atoms. The topological polar surface area (TPSA) is 173 Å². The van der Waals surface area contributed by atoms with Crippen LogP contribution >= 0.6 is 0 Å². The van der Waals surface area contributed by atoms with Crippen molar-refractivity contribution in [1.29, 1.82) is 0 Å². The molecule has 0 heterocycles. The monoisotopic (exact) mass is 306 g/mol. The number of carboxylic acid groups (broad SMARTS) is 4. The molecule has 10 nitrogen and oxygen atoms in total. The zero-order valence-electron chi connectivity index (χ0n) is 11.1. The van der Waals surface area contributed by atoms with Crippen LogP contribution in [-0.4, -0.2) is 63.1 Å². The Hall–Kier alpha value is -2.20. The summed E-state index contributed by atoms with van der Waals surface area (Å²) in [7, 11) is 0. The van der Waals surface area contributed by atoms with E-state index in [4.69, 9.17) is 20.4 Å². The van der Waals surface area contributed by atoms with Gasteiger partial charge in [-0.1, -0.05) is 0 Å². The first-order chi connectivity index (χ1) is 9.73. The number of rotatable bonds is 12. The van der Waals surface area contributed by atoms with E-state index in [-0.39, 0.29) is 32.4 Å². The summed E-state index contributed by atoms with van der Waals surface area (Å²) in [6.45, 7) is -0.201. The van der Waals surface area contributed by atoms with Gasteiger partial charge in [-0.15, -0.1) is 0 Å². The molecule has 0 spiro atoms. The Morgan fingerprint density at radius 2 is 1.05 bits per heavy atom. The maximum Gasteiger partial charge on any atom is 0.320 e. The average molecular weight is 306 g/mol. The summed E-state index contributed by atoms with van der Waals surface area (Å²) in [5, 5.41) is 39.6. The molecule has 0 aromatic carbocycles. The third-order valence-electron chi connectivity index (χ3n) is 2.59. The van der Waals surface area contributed by atoms with Crippen molar-refractivity contribution >= 4 is 23.9 Å². The summed E-state index contributed by atoms with van der Waals surface area (Å²) < 4.78 is 0. The molecule has 0 aromatic rings. The zero-order chi connectivity index (χ0) is 16.4. The highest BCUT2D eigenvalue weighted by Gasteiger charge is 2.21. The molecule has 0 saturated carbocycles. The van der Waals surface area contributed by atoms with Crippen molar-refractivity contribution < 1.29 is 39.6 Å². The standard InChI is InChI=1S/C11H18N2O8/c14-8(15)3-1-6(10(18)19)12-5-13-7(11(20)21)2-4-9(16)17/h6-7,12-13H,1-5H2,(H,14,15)(H,16,17)(H,18,19)(H,20,21)/t6-,7-/m0/s1. The Morgan fingerprint density at radius 3 is 1.29 bits per heavy atom. The molecule has 6 N–H and O–H groups in total. The third kappa shape index (κ3) is 9.35. The number of hydrogen-bond acceptors (Lipinski definition) is 6. The minimum absolute atomic E-state index is 0.154. The molecular weight excluding hydrogens is 288 g/mol. The van der Waals surface area contributed by atoms with Crippen LogP contribution in [0.25, 0.3) is 0 Å². The summed E-state index contributed by atoms with van der Waals surface area (Å²) >= 11 is 0. The van der Waals surface area contributed by atoms with Crippen molar-refractivity contribution in [2.24, 2.45) is 0 Å². The minimum Gasteiger partial charge on any atom is -0.481 e. The van der Waals surface area contributed by atoms with Gasteiger partial charge in [-0.05, 0) is 12.8 Å². The third-order valence-corrected chi connectivity index (χ3v) is 2.59. The smallest absolute Gasteiger partial charge is 0.320 e. The Bertz CT molecular complexity index is 362. The number of carboxylic acids is 4. The first-order valence-corrected chi connectivity index (χ1v) is 6.10. The lowest BCUT2D eigenvalue weighted by Gasteiger charge is -2.17. The fourth-order valence-corrected chi connectivity index (χ4v) is 1.47. The van der Waals surface area contributed by atoms with Crippen molar-refractivity contribution in [3.05, 3.63) is 0 Å². The average Bonchev–Trinajstić information content (AvgIpc) is 2.35.